The van der Waals surface area contributed by atoms with Gasteiger partial charge in [0.15, 0.2) is 6.10 Å². The first-order chi connectivity index (χ1) is 33.9. The van der Waals surface area contributed by atoms with Crippen LogP contribution < -0.4 is 0 Å². The van der Waals surface area contributed by atoms with Gasteiger partial charge in [0.1, 0.15) is 43.2 Å². The van der Waals surface area contributed by atoms with Crippen molar-refractivity contribution >= 4 is 27.6 Å². The summed E-state index contributed by atoms with van der Waals surface area (Å²) in [5, 5.41) is 61.6. The van der Waals surface area contributed by atoms with Gasteiger partial charge < -0.3 is 54.8 Å². The smallest absolute Gasteiger partial charge is 0.462 e. The van der Waals surface area contributed by atoms with Crippen molar-refractivity contribution in [1.29, 1.82) is 0 Å². The quantitative estimate of drug-likeness (QED) is 0.00912. The average molecular weight is 1050 g/mol. The first-order valence-corrected chi connectivity index (χ1v) is 28.7. The van der Waals surface area contributed by atoms with Crippen LogP contribution in [0.15, 0.2) is 72.9 Å². The lowest BCUT2D eigenvalue weighted by Crippen LogP contribution is -2.64. The fourth-order valence-corrected chi connectivity index (χ4v) is 8.93. The number of hydrogen-bond acceptors (Lipinski definition) is 15. The van der Waals surface area contributed by atoms with Gasteiger partial charge in [-0.25, -0.2) is 9.13 Å². The summed E-state index contributed by atoms with van der Waals surface area (Å²) in [5.41, 5.74) is 0. The number of phosphoric acid groups is 2. The van der Waals surface area contributed by atoms with Gasteiger partial charge in [0.25, 0.3) is 0 Å². The van der Waals surface area contributed by atoms with Gasteiger partial charge in [-0.1, -0.05) is 164 Å². The molecule has 0 heterocycles. The van der Waals surface area contributed by atoms with Crippen molar-refractivity contribution in [1.82, 2.24) is 0 Å². The molecule has 1 aliphatic rings. The molecule has 0 radical (unpaired) electrons. The van der Waals surface area contributed by atoms with E-state index < -0.39 is 95.7 Å². The van der Waals surface area contributed by atoms with E-state index in [2.05, 4.69) is 42.7 Å². The van der Waals surface area contributed by atoms with Crippen LogP contribution in [-0.4, -0.2) is 125 Å². The van der Waals surface area contributed by atoms with Crippen molar-refractivity contribution in [2.45, 2.75) is 223 Å². The minimum absolute atomic E-state index is 0.0632. The van der Waals surface area contributed by atoms with E-state index in [1.54, 1.807) is 30.4 Å². The van der Waals surface area contributed by atoms with E-state index in [4.69, 9.17) is 18.5 Å². The average Bonchev–Trinajstić information content (AvgIpc) is 3.32. The van der Waals surface area contributed by atoms with Gasteiger partial charge in [0.2, 0.25) is 0 Å². The molecule has 0 aromatic carbocycles. The summed E-state index contributed by atoms with van der Waals surface area (Å²) in [5.74, 6) is -1.44. The molecule has 1 saturated carbocycles. The molecule has 1 aliphatic carbocycles. The second-order valence-corrected chi connectivity index (χ2v) is 20.5. The Balaban J connectivity index is 2.65. The number of phosphoric ester groups is 2. The zero-order chi connectivity index (χ0) is 52.8. The molecule has 410 valence electrons. The van der Waals surface area contributed by atoms with Crippen LogP contribution in [0, 0.1) is 0 Å². The highest BCUT2D eigenvalue weighted by atomic mass is 31.2. The summed E-state index contributed by atoms with van der Waals surface area (Å²) in [6.45, 7) is 2.80. The van der Waals surface area contributed by atoms with Crippen molar-refractivity contribution in [2.75, 3.05) is 13.2 Å². The molecule has 0 aromatic rings. The lowest BCUT2D eigenvalue weighted by molar-refractivity contribution is -0.216. The standard InChI is InChI=1S/C51H88O18P2/c1-3-5-7-8-9-10-11-12-13-14-15-16-17-18-19-20-24-27-31-37-44(54)65-39-43(40-66-71(63,64)69-51-48(58)46(56)47(57)50(49(51)59)68-70(60,61)62)67-45(55)38-32-36-42(53)35-30-26-23-21-22-25-29-34-41(52)33-28-6-4-2/h9-10,12-13,22-23,25-26,29-30,34-35,41-43,46-53,56-59H,3-8,11,14-21,24,27-28,31-33,36-40H2,1-2H3,(H,63,64)(H2,60,61,62)/b10-9-,13-12-,25-22-,26-23-,34-29+,35-30+/t41-,42-,43-,46?,47?,48?,49?,50-,51+/m1/s1. The second kappa shape index (κ2) is 40.7. The predicted molar refractivity (Wildman–Crippen MR) is 271 cm³/mol. The minimum Gasteiger partial charge on any atom is -0.462 e. The minimum atomic E-state index is -5.40. The molecule has 18 nitrogen and oxygen atoms in total. The molecule has 1 fully saturated rings. The van der Waals surface area contributed by atoms with Crippen LogP contribution in [0.25, 0.3) is 0 Å². The highest BCUT2D eigenvalue weighted by Gasteiger charge is 2.54. The van der Waals surface area contributed by atoms with E-state index in [1.165, 1.54) is 38.5 Å². The number of esters is 2. The first kappa shape index (κ1) is 66.4. The molecule has 0 amide bonds. The van der Waals surface area contributed by atoms with Crippen LogP contribution >= 0.6 is 15.6 Å². The lowest BCUT2D eigenvalue weighted by Gasteiger charge is -2.43. The molecule has 71 heavy (non-hydrogen) atoms. The highest BCUT2D eigenvalue weighted by molar-refractivity contribution is 7.47. The van der Waals surface area contributed by atoms with Gasteiger partial charge in [-0.05, 0) is 64.2 Å². The van der Waals surface area contributed by atoms with Gasteiger partial charge in [-0.15, -0.1) is 0 Å². The van der Waals surface area contributed by atoms with Crippen molar-refractivity contribution in [3.63, 3.8) is 0 Å². The Morgan fingerprint density at radius 3 is 1.56 bits per heavy atom. The SMILES string of the molecule is CCCCC/C=C\C/C=C\CCCCCCCCCCCC(=O)OC[C@H](COP(=O)(O)O[C@H]1C(O)C(O)C(O)[C@@H](OP(=O)(O)O)C1O)OC(=O)CCC[C@H](O)/C=C/C=C\C/C=C\C=C\[C@H](O)CCCCC. The number of aliphatic hydroxyl groups excluding tert-OH is 6. The number of carbonyl (C=O) groups excluding carboxylic acids is 2. The van der Waals surface area contributed by atoms with E-state index in [-0.39, 0.29) is 25.7 Å². The third-order valence-electron chi connectivity index (χ3n) is 11.5. The van der Waals surface area contributed by atoms with E-state index in [9.17, 15) is 64.0 Å². The van der Waals surface area contributed by atoms with Gasteiger partial charge in [-0.2, -0.15) is 0 Å². The number of aliphatic hydroxyl groups is 6. The van der Waals surface area contributed by atoms with Crippen molar-refractivity contribution in [2.24, 2.45) is 0 Å². The van der Waals surface area contributed by atoms with Crippen LogP contribution in [0.2, 0.25) is 0 Å². The summed E-state index contributed by atoms with van der Waals surface area (Å²) in [4.78, 5) is 54.4. The summed E-state index contributed by atoms with van der Waals surface area (Å²) < 4.78 is 49.3. The Labute approximate surface area is 422 Å². The fraction of sp³-hybridized carbons (Fsp3) is 0.725. The van der Waals surface area contributed by atoms with Crippen molar-refractivity contribution in [3.05, 3.63) is 72.9 Å². The van der Waals surface area contributed by atoms with Crippen LogP contribution in [0.4, 0.5) is 0 Å². The monoisotopic (exact) mass is 1050 g/mol. The first-order valence-electron chi connectivity index (χ1n) is 25.7. The summed E-state index contributed by atoms with van der Waals surface area (Å²) in [6, 6.07) is 0. The van der Waals surface area contributed by atoms with Crippen molar-refractivity contribution < 1.29 is 87.1 Å². The van der Waals surface area contributed by atoms with Crippen LogP contribution in [0.5, 0.6) is 0 Å². The highest BCUT2D eigenvalue weighted by Crippen LogP contribution is 2.49. The zero-order valence-corrected chi connectivity index (χ0v) is 43.9. The Morgan fingerprint density at radius 2 is 1.00 bits per heavy atom. The van der Waals surface area contributed by atoms with Crippen LogP contribution in [-0.2, 0) is 41.8 Å². The molecule has 10 atom stereocenters. The summed E-state index contributed by atoms with van der Waals surface area (Å²) in [7, 11) is -10.8. The Bertz CT molecular complexity index is 1680. The van der Waals surface area contributed by atoms with E-state index >= 15 is 0 Å². The largest absolute Gasteiger partial charge is 0.472 e. The third-order valence-corrected chi connectivity index (χ3v) is 13.0. The maximum atomic E-state index is 13.0. The molecule has 0 aromatic heterocycles. The van der Waals surface area contributed by atoms with Crippen LogP contribution in [0.3, 0.4) is 0 Å². The maximum absolute atomic E-state index is 13.0. The van der Waals surface area contributed by atoms with Crippen molar-refractivity contribution in [3.8, 4) is 0 Å². The second-order valence-electron chi connectivity index (χ2n) is 17.9. The van der Waals surface area contributed by atoms with Gasteiger partial charge in [0.05, 0.1) is 18.8 Å². The number of rotatable bonds is 42. The number of carbonyl (C=O) groups is 2. The molecule has 20 heteroatoms. The van der Waals surface area contributed by atoms with E-state index in [1.807, 2.05) is 18.2 Å². The van der Waals surface area contributed by atoms with Gasteiger partial charge >= 0.3 is 27.6 Å². The normalized spacial score (nSPS) is 22.4. The number of hydrogen-bond donors (Lipinski definition) is 9. The Morgan fingerprint density at radius 1 is 0.521 bits per heavy atom. The molecule has 1 rings (SSSR count). The molecule has 0 spiro atoms. The topological polar surface area (TPSA) is 296 Å². The molecule has 9 N–H and O–H groups in total. The van der Waals surface area contributed by atoms with E-state index in [0.717, 1.165) is 77.0 Å². The lowest BCUT2D eigenvalue weighted by atomic mass is 9.85. The maximum Gasteiger partial charge on any atom is 0.472 e. The Hall–Kier alpha value is -2.64. The third kappa shape index (κ3) is 35.2. The summed E-state index contributed by atoms with van der Waals surface area (Å²) >= 11 is 0. The van der Waals surface area contributed by atoms with Gasteiger partial charge in [0, 0.05) is 12.8 Å². The van der Waals surface area contributed by atoms with Gasteiger partial charge in [-0.3, -0.25) is 23.2 Å². The van der Waals surface area contributed by atoms with E-state index in [0.29, 0.717) is 12.8 Å². The van der Waals surface area contributed by atoms with Crippen LogP contribution in [0.1, 0.15) is 168 Å². The number of ether oxygens (including phenoxy) is 2. The summed E-state index contributed by atoms with van der Waals surface area (Å²) in [6.07, 6.45) is 27.5. The molecular formula is C51H88O18P2. The molecule has 0 aliphatic heterocycles. The molecular weight excluding hydrogens is 962 g/mol. The number of unbranched alkanes of at least 4 members (excludes halogenated alkanes) is 14. The molecule has 0 bridgehead atoms. The Kier molecular flexibility index (Phi) is 38.1. The molecule has 5 unspecified atom stereocenters. The molecule has 0 saturated heterocycles. The zero-order valence-electron chi connectivity index (χ0n) is 42.1. The fourth-order valence-electron chi connectivity index (χ4n) is 7.39. The number of allylic oxidation sites excluding steroid dienone is 10. The predicted octanol–water partition coefficient (Wildman–Crippen LogP) is 8.34.